The first kappa shape index (κ1) is 11.1. The van der Waals surface area contributed by atoms with Crippen LogP contribution in [0.4, 0.5) is 8.78 Å². The van der Waals surface area contributed by atoms with E-state index in [2.05, 4.69) is 0 Å². The third-order valence-electron chi connectivity index (χ3n) is 2.21. The normalized spacial score (nSPS) is 11.0. The van der Waals surface area contributed by atoms with Crippen LogP contribution in [0.1, 0.15) is 30.9 Å². The molecule has 0 aromatic heterocycles. The third kappa shape index (κ3) is 2.29. The van der Waals surface area contributed by atoms with Crippen LogP contribution < -0.4 is 5.73 Å². The van der Waals surface area contributed by atoms with Crippen LogP contribution in [0.2, 0.25) is 0 Å². The van der Waals surface area contributed by atoms with E-state index >= 15 is 0 Å². The van der Waals surface area contributed by atoms with E-state index in [4.69, 9.17) is 5.73 Å². The summed E-state index contributed by atoms with van der Waals surface area (Å²) in [6.07, 6.45) is 0.378. The van der Waals surface area contributed by atoms with E-state index in [1.807, 2.05) is 13.8 Å². The van der Waals surface area contributed by atoms with Crippen LogP contribution in [-0.4, -0.2) is 6.54 Å². The molecule has 1 rings (SSSR count). The highest BCUT2D eigenvalue weighted by molar-refractivity contribution is 5.28. The van der Waals surface area contributed by atoms with Crippen molar-refractivity contribution >= 4 is 0 Å². The molecule has 14 heavy (non-hydrogen) atoms. The Morgan fingerprint density at radius 1 is 1.29 bits per heavy atom. The molecule has 0 saturated carbocycles. The van der Waals surface area contributed by atoms with Gasteiger partial charge in [0.25, 0.3) is 0 Å². The molecule has 1 aromatic carbocycles. The average Bonchev–Trinajstić information content (AvgIpc) is 2.12. The lowest BCUT2D eigenvalue weighted by Gasteiger charge is -2.09. The molecule has 0 amide bonds. The number of hydrogen-bond acceptors (Lipinski definition) is 1. The molecular weight excluding hydrogens is 184 g/mol. The van der Waals surface area contributed by atoms with Crippen molar-refractivity contribution in [3.8, 4) is 0 Å². The summed E-state index contributed by atoms with van der Waals surface area (Å²) >= 11 is 0. The van der Waals surface area contributed by atoms with Crippen LogP contribution in [0.15, 0.2) is 12.1 Å². The number of hydrogen-bond donors (Lipinski definition) is 1. The fourth-order valence-electron chi connectivity index (χ4n) is 1.34. The molecule has 0 unspecified atom stereocenters. The van der Waals surface area contributed by atoms with Crippen molar-refractivity contribution in [3.63, 3.8) is 0 Å². The van der Waals surface area contributed by atoms with Crippen molar-refractivity contribution in [1.82, 2.24) is 0 Å². The maximum absolute atomic E-state index is 13.2. The van der Waals surface area contributed by atoms with Crippen molar-refractivity contribution < 1.29 is 8.78 Å². The van der Waals surface area contributed by atoms with E-state index in [1.54, 1.807) is 6.07 Å². The first-order valence-electron chi connectivity index (χ1n) is 4.74. The van der Waals surface area contributed by atoms with E-state index in [1.165, 1.54) is 6.07 Å². The summed E-state index contributed by atoms with van der Waals surface area (Å²) in [5, 5.41) is 0. The topological polar surface area (TPSA) is 26.0 Å². The molecule has 0 aliphatic rings. The lowest BCUT2D eigenvalue weighted by atomic mass is 9.99. The molecule has 0 saturated heterocycles. The fourth-order valence-corrected chi connectivity index (χ4v) is 1.34. The van der Waals surface area contributed by atoms with Gasteiger partial charge in [-0.3, -0.25) is 0 Å². The van der Waals surface area contributed by atoms with Crippen LogP contribution in [0.3, 0.4) is 0 Å². The zero-order valence-electron chi connectivity index (χ0n) is 8.48. The van der Waals surface area contributed by atoms with Crippen LogP contribution in [0, 0.1) is 11.6 Å². The summed E-state index contributed by atoms with van der Waals surface area (Å²) in [7, 11) is 0. The third-order valence-corrected chi connectivity index (χ3v) is 2.21. The van der Waals surface area contributed by atoms with Crippen LogP contribution in [0.25, 0.3) is 0 Å². The molecule has 0 fully saturated rings. The molecular formula is C11H15F2N. The van der Waals surface area contributed by atoms with Gasteiger partial charge in [0.05, 0.1) is 0 Å². The number of halogens is 2. The van der Waals surface area contributed by atoms with Crippen LogP contribution in [0.5, 0.6) is 0 Å². The van der Waals surface area contributed by atoms with Gasteiger partial charge in [0.15, 0.2) is 11.6 Å². The van der Waals surface area contributed by atoms with Gasteiger partial charge in [0, 0.05) is 0 Å². The second kappa shape index (κ2) is 4.51. The Balaban J connectivity index is 3.14. The second-order valence-corrected chi connectivity index (χ2v) is 3.67. The summed E-state index contributed by atoms with van der Waals surface area (Å²) in [5.74, 6) is -1.35. The SMILES string of the molecule is CC(C)c1cc(F)c(F)c(CCN)c1. The van der Waals surface area contributed by atoms with Gasteiger partial charge in [0.1, 0.15) is 0 Å². The van der Waals surface area contributed by atoms with Crippen molar-refractivity contribution in [1.29, 1.82) is 0 Å². The highest BCUT2D eigenvalue weighted by Crippen LogP contribution is 2.21. The van der Waals surface area contributed by atoms with Gasteiger partial charge in [0.2, 0.25) is 0 Å². The van der Waals surface area contributed by atoms with Gasteiger partial charge >= 0.3 is 0 Å². The van der Waals surface area contributed by atoms with E-state index in [-0.39, 0.29) is 5.92 Å². The van der Waals surface area contributed by atoms with E-state index < -0.39 is 11.6 Å². The molecule has 0 spiro atoms. The summed E-state index contributed by atoms with van der Waals surface area (Å²) in [4.78, 5) is 0. The van der Waals surface area contributed by atoms with E-state index in [0.717, 1.165) is 5.56 Å². The Morgan fingerprint density at radius 2 is 1.93 bits per heavy atom. The molecule has 1 nitrogen and oxygen atoms in total. The minimum Gasteiger partial charge on any atom is -0.330 e. The minimum absolute atomic E-state index is 0.196. The number of nitrogens with two attached hydrogens (primary N) is 1. The Hall–Kier alpha value is -0.960. The lowest BCUT2D eigenvalue weighted by Crippen LogP contribution is -2.07. The number of rotatable bonds is 3. The molecule has 0 heterocycles. The predicted molar refractivity (Wildman–Crippen MR) is 53.2 cm³/mol. The van der Waals surface area contributed by atoms with Gasteiger partial charge in [-0.15, -0.1) is 0 Å². The summed E-state index contributed by atoms with van der Waals surface area (Å²) < 4.78 is 26.3. The maximum atomic E-state index is 13.2. The molecule has 0 aliphatic heterocycles. The summed E-state index contributed by atoms with van der Waals surface area (Å²) in [5.41, 5.74) is 6.50. The molecule has 3 heteroatoms. The lowest BCUT2D eigenvalue weighted by molar-refractivity contribution is 0.496. The van der Waals surface area contributed by atoms with Crippen molar-refractivity contribution in [3.05, 3.63) is 34.9 Å². The Kier molecular flexibility index (Phi) is 3.58. The molecule has 0 aliphatic carbocycles. The van der Waals surface area contributed by atoms with Crippen molar-refractivity contribution in [2.24, 2.45) is 5.73 Å². The molecule has 0 atom stereocenters. The quantitative estimate of drug-likeness (QED) is 0.795. The Morgan fingerprint density at radius 3 is 2.43 bits per heavy atom. The van der Waals surface area contributed by atoms with E-state index in [0.29, 0.717) is 18.5 Å². The molecule has 78 valence electrons. The number of benzene rings is 1. The predicted octanol–water partition coefficient (Wildman–Crippen LogP) is 2.59. The zero-order chi connectivity index (χ0) is 10.7. The largest absolute Gasteiger partial charge is 0.330 e. The summed E-state index contributed by atoms with van der Waals surface area (Å²) in [6, 6.07) is 2.94. The van der Waals surface area contributed by atoms with E-state index in [9.17, 15) is 8.78 Å². The van der Waals surface area contributed by atoms with Crippen LogP contribution >= 0.6 is 0 Å². The summed E-state index contributed by atoms with van der Waals surface area (Å²) in [6.45, 7) is 4.22. The maximum Gasteiger partial charge on any atom is 0.162 e. The highest BCUT2D eigenvalue weighted by atomic mass is 19.2. The molecule has 2 N–H and O–H groups in total. The Labute approximate surface area is 82.9 Å². The first-order chi connectivity index (χ1) is 6.56. The van der Waals surface area contributed by atoms with Gasteiger partial charge < -0.3 is 5.73 Å². The zero-order valence-corrected chi connectivity index (χ0v) is 8.48. The standard InChI is InChI=1S/C11H15F2N/c1-7(2)9-5-8(3-4-14)11(13)10(12)6-9/h5-7H,3-4,14H2,1-2H3. The van der Waals surface area contributed by atoms with Gasteiger partial charge in [-0.25, -0.2) is 8.78 Å². The molecule has 1 aromatic rings. The average molecular weight is 199 g/mol. The fraction of sp³-hybridized carbons (Fsp3) is 0.455. The van der Waals surface area contributed by atoms with Gasteiger partial charge in [-0.05, 0) is 36.1 Å². The van der Waals surface area contributed by atoms with Gasteiger partial charge in [-0.2, -0.15) is 0 Å². The second-order valence-electron chi connectivity index (χ2n) is 3.67. The minimum atomic E-state index is -0.778. The van der Waals surface area contributed by atoms with Crippen LogP contribution in [-0.2, 0) is 6.42 Å². The molecule has 0 bridgehead atoms. The monoisotopic (exact) mass is 199 g/mol. The van der Waals surface area contributed by atoms with Crippen molar-refractivity contribution in [2.45, 2.75) is 26.2 Å². The molecule has 0 radical (unpaired) electrons. The Bertz CT molecular complexity index is 321. The van der Waals surface area contributed by atoms with Crippen molar-refractivity contribution in [2.75, 3.05) is 6.54 Å². The first-order valence-corrected chi connectivity index (χ1v) is 4.74. The smallest absolute Gasteiger partial charge is 0.162 e. The highest BCUT2D eigenvalue weighted by Gasteiger charge is 2.11. The van der Waals surface area contributed by atoms with Gasteiger partial charge in [-0.1, -0.05) is 19.9 Å².